The first-order valence-corrected chi connectivity index (χ1v) is 6.89. The highest BCUT2D eigenvalue weighted by molar-refractivity contribution is 6.29. The summed E-state index contributed by atoms with van der Waals surface area (Å²) in [5.41, 5.74) is 1.08. The van der Waals surface area contributed by atoms with Crippen LogP contribution in [0, 0.1) is 0 Å². The summed E-state index contributed by atoms with van der Waals surface area (Å²) in [6.07, 6.45) is 9.56. The first-order valence-electron chi connectivity index (χ1n) is 6.51. The molecule has 0 saturated heterocycles. The Hall–Kier alpha value is -0.600. The van der Waals surface area contributed by atoms with E-state index in [1.807, 2.05) is 6.07 Å². The van der Waals surface area contributed by atoms with Crippen LogP contribution < -0.4 is 0 Å². The number of unbranched alkanes of at least 4 members (excludes halogenated alkanes) is 5. The lowest BCUT2D eigenvalue weighted by Gasteiger charge is -2.04. The van der Waals surface area contributed by atoms with Gasteiger partial charge in [-0.3, -0.25) is 0 Å². The van der Waals surface area contributed by atoms with Crippen molar-refractivity contribution >= 4 is 11.6 Å². The Morgan fingerprint density at radius 3 is 2.59 bits per heavy atom. The quantitative estimate of drug-likeness (QED) is 0.475. The Kier molecular flexibility index (Phi) is 8.02. The summed E-state index contributed by atoms with van der Waals surface area (Å²) in [6, 6.07) is 3.75. The van der Waals surface area contributed by atoms with Gasteiger partial charge in [0.15, 0.2) is 0 Å². The van der Waals surface area contributed by atoms with Crippen molar-refractivity contribution in [2.75, 3.05) is 6.61 Å². The predicted molar refractivity (Wildman–Crippen MR) is 72.3 cm³/mol. The molecule has 1 aromatic heterocycles. The highest BCUT2D eigenvalue weighted by Crippen LogP contribution is 2.08. The number of halogens is 1. The maximum Gasteiger partial charge on any atom is 0.129 e. The Bertz CT molecular complexity index is 287. The smallest absolute Gasteiger partial charge is 0.129 e. The van der Waals surface area contributed by atoms with E-state index in [9.17, 15) is 0 Å². The summed E-state index contributed by atoms with van der Waals surface area (Å²) in [4.78, 5) is 4.01. The van der Waals surface area contributed by atoms with E-state index in [1.54, 1.807) is 12.3 Å². The molecule has 0 atom stereocenters. The maximum absolute atomic E-state index is 5.70. The molecule has 2 nitrogen and oxygen atoms in total. The fourth-order valence-electron chi connectivity index (χ4n) is 1.67. The van der Waals surface area contributed by atoms with Crippen LogP contribution in [0.25, 0.3) is 0 Å². The third-order valence-electron chi connectivity index (χ3n) is 2.70. The maximum atomic E-state index is 5.70. The lowest BCUT2D eigenvalue weighted by atomic mass is 10.1. The van der Waals surface area contributed by atoms with Crippen LogP contribution in [0.1, 0.15) is 51.0 Å². The lowest BCUT2D eigenvalue weighted by Crippen LogP contribution is -1.96. The molecule has 0 saturated carbocycles. The Morgan fingerprint density at radius 1 is 1.12 bits per heavy atom. The van der Waals surface area contributed by atoms with E-state index in [2.05, 4.69) is 11.9 Å². The number of nitrogens with zero attached hydrogens (tertiary/aromatic N) is 1. The van der Waals surface area contributed by atoms with Gasteiger partial charge in [0, 0.05) is 12.8 Å². The van der Waals surface area contributed by atoms with Crippen LogP contribution in [-0.4, -0.2) is 11.6 Å². The van der Waals surface area contributed by atoms with E-state index in [1.165, 1.54) is 32.1 Å². The number of ether oxygens (including phenoxy) is 1. The zero-order valence-corrected chi connectivity index (χ0v) is 11.4. The molecule has 0 amide bonds. The van der Waals surface area contributed by atoms with Crippen molar-refractivity contribution in [3.63, 3.8) is 0 Å². The van der Waals surface area contributed by atoms with E-state index in [0.717, 1.165) is 18.6 Å². The molecule has 1 heterocycles. The third-order valence-corrected chi connectivity index (χ3v) is 2.92. The van der Waals surface area contributed by atoms with Crippen LogP contribution in [0.5, 0.6) is 0 Å². The fraction of sp³-hybridized carbons (Fsp3) is 0.643. The summed E-state index contributed by atoms with van der Waals surface area (Å²) < 4.78 is 5.58. The van der Waals surface area contributed by atoms with Gasteiger partial charge in [0.1, 0.15) is 5.15 Å². The number of rotatable bonds is 9. The highest BCUT2D eigenvalue weighted by atomic mass is 35.5. The molecule has 17 heavy (non-hydrogen) atoms. The van der Waals surface area contributed by atoms with E-state index < -0.39 is 0 Å². The molecule has 96 valence electrons. The number of hydrogen-bond donors (Lipinski definition) is 0. The predicted octanol–water partition coefficient (Wildman–Crippen LogP) is 4.61. The molecule has 0 radical (unpaired) electrons. The molecule has 1 aromatic rings. The van der Waals surface area contributed by atoms with E-state index in [4.69, 9.17) is 16.3 Å². The molecule has 0 unspecified atom stereocenters. The molecule has 0 bridgehead atoms. The minimum Gasteiger partial charge on any atom is -0.377 e. The van der Waals surface area contributed by atoms with Gasteiger partial charge in [-0.1, -0.05) is 56.7 Å². The molecule has 3 heteroatoms. The Labute approximate surface area is 109 Å². The molecular formula is C14H22ClNO. The normalized spacial score (nSPS) is 10.7. The molecular weight excluding hydrogens is 234 g/mol. The monoisotopic (exact) mass is 255 g/mol. The van der Waals surface area contributed by atoms with Gasteiger partial charge in [-0.15, -0.1) is 0 Å². The number of hydrogen-bond acceptors (Lipinski definition) is 2. The first-order chi connectivity index (χ1) is 8.33. The minimum absolute atomic E-state index is 0.532. The minimum atomic E-state index is 0.532. The topological polar surface area (TPSA) is 22.1 Å². The van der Waals surface area contributed by atoms with Crippen LogP contribution in [0.4, 0.5) is 0 Å². The zero-order chi connectivity index (χ0) is 12.3. The standard InChI is InChI=1S/C14H22ClNO/c1-2-3-4-5-6-7-10-17-12-13-8-9-14(15)16-11-13/h8-9,11H,2-7,10,12H2,1H3. The van der Waals surface area contributed by atoms with Crippen LogP contribution in [0.2, 0.25) is 5.15 Å². The van der Waals surface area contributed by atoms with Gasteiger partial charge >= 0.3 is 0 Å². The van der Waals surface area contributed by atoms with Crippen molar-refractivity contribution in [1.82, 2.24) is 4.98 Å². The first kappa shape index (κ1) is 14.5. The highest BCUT2D eigenvalue weighted by Gasteiger charge is 1.95. The van der Waals surface area contributed by atoms with Gasteiger partial charge in [0.05, 0.1) is 6.61 Å². The van der Waals surface area contributed by atoms with Crippen LogP contribution in [-0.2, 0) is 11.3 Å². The van der Waals surface area contributed by atoms with Crippen molar-refractivity contribution in [3.8, 4) is 0 Å². The average Bonchev–Trinajstić information content (AvgIpc) is 2.35. The van der Waals surface area contributed by atoms with E-state index >= 15 is 0 Å². The summed E-state index contributed by atoms with van der Waals surface area (Å²) in [5.74, 6) is 0. The second kappa shape index (κ2) is 9.43. The van der Waals surface area contributed by atoms with E-state index in [0.29, 0.717) is 11.8 Å². The van der Waals surface area contributed by atoms with Gasteiger partial charge in [-0.2, -0.15) is 0 Å². The zero-order valence-electron chi connectivity index (χ0n) is 10.6. The Balaban J connectivity index is 1.95. The van der Waals surface area contributed by atoms with Gasteiger partial charge in [0.2, 0.25) is 0 Å². The molecule has 0 aliphatic rings. The van der Waals surface area contributed by atoms with Crippen LogP contribution >= 0.6 is 11.6 Å². The second-order valence-electron chi connectivity index (χ2n) is 4.31. The molecule has 0 aromatic carbocycles. The third kappa shape index (κ3) is 7.35. The fourth-order valence-corrected chi connectivity index (χ4v) is 1.78. The SMILES string of the molecule is CCCCCCCCOCc1ccc(Cl)nc1. The molecule has 0 aliphatic carbocycles. The van der Waals surface area contributed by atoms with Crippen molar-refractivity contribution in [2.24, 2.45) is 0 Å². The molecule has 0 fully saturated rings. The van der Waals surface area contributed by atoms with Crippen molar-refractivity contribution in [2.45, 2.75) is 52.1 Å². The van der Waals surface area contributed by atoms with Crippen LogP contribution in [0.15, 0.2) is 18.3 Å². The summed E-state index contributed by atoms with van der Waals surface area (Å²) in [6.45, 7) is 3.72. The molecule has 0 N–H and O–H groups in total. The number of pyridine rings is 1. The van der Waals surface area contributed by atoms with Gasteiger partial charge in [-0.05, 0) is 18.1 Å². The van der Waals surface area contributed by atoms with Crippen molar-refractivity contribution < 1.29 is 4.74 Å². The second-order valence-corrected chi connectivity index (χ2v) is 4.70. The van der Waals surface area contributed by atoms with Crippen molar-refractivity contribution in [3.05, 3.63) is 29.0 Å². The largest absolute Gasteiger partial charge is 0.377 e. The van der Waals surface area contributed by atoms with Crippen LogP contribution in [0.3, 0.4) is 0 Å². The molecule has 0 aliphatic heterocycles. The molecule has 0 spiro atoms. The molecule has 1 rings (SSSR count). The Morgan fingerprint density at radius 2 is 1.88 bits per heavy atom. The number of aromatic nitrogens is 1. The van der Waals surface area contributed by atoms with Crippen molar-refractivity contribution in [1.29, 1.82) is 0 Å². The summed E-state index contributed by atoms with van der Waals surface area (Å²) >= 11 is 5.70. The van der Waals surface area contributed by atoms with E-state index in [-0.39, 0.29) is 0 Å². The summed E-state index contributed by atoms with van der Waals surface area (Å²) in [7, 11) is 0. The average molecular weight is 256 g/mol. The van der Waals surface area contributed by atoms with Gasteiger partial charge < -0.3 is 4.74 Å². The summed E-state index contributed by atoms with van der Waals surface area (Å²) in [5, 5.41) is 0.532. The van der Waals surface area contributed by atoms with Gasteiger partial charge in [0.25, 0.3) is 0 Å². The van der Waals surface area contributed by atoms with Gasteiger partial charge in [-0.25, -0.2) is 4.98 Å². The lowest BCUT2D eigenvalue weighted by molar-refractivity contribution is 0.116.